The van der Waals surface area contributed by atoms with Crippen molar-refractivity contribution >= 4 is 9.84 Å². The molecule has 5 heteroatoms. The third kappa shape index (κ3) is 5.23. The Morgan fingerprint density at radius 1 is 1.46 bits per heavy atom. The number of rotatable bonds is 4. The van der Waals surface area contributed by atoms with Gasteiger partial charge in [-0.1, -0.05) is 0 Å². The molecule has 4 nitrogen and oxygen atoms in total. The first-order chi connectivity index (χ1) is 6.08. The van der Waals surface area contributed by atoms with Crippen molar-refractivity contribution in [2.24, 2.45) is 0 Å². The van der Waals surface area contributed by atoms with Crippen LogP contribution in [0.4, 0.5) is 0 Å². The molecule has 1 rings (SSSR count). The van der Waals surface area contributed by atoms with Crippen molar-refractivity contribution in [1.82, 2.24) is 0 Å². The Hall–Kier alpha value is -0.130. The first-order valence-corrected chi connectivity index (χ1v) is 6.51. The second-order valence-corrected chi connectivity index (χ2v) is 5.64. The Morgan fingerprint density at radius 2 is 2.23 bits per heavy atom. The molecule has 0 spiro atoms. The smallest absolute Gasteiger partial charge is 0.147 e. The van der Waals surface area contributed by atoms with Gasteiger partial charge in [0, 0.05) is 12.0 Å². The van der Waals surface area contributed by atoms with E-state index < -0.39 is 9.84 Å². The highest BCUT2D eigenvalue weighted by Gasteiger charge is 2.14. The van der Waals surface area contributed by atoms with Crippen LogP contribution < -0.4 is 0 Å². The summed E-state index contributed by atoms with van der Waals surface area (Å²) in [5, 5.41) is 0. The lowest BCUT2D eigenvalue weighted by atomic mass is 10.1. The van der Waals surface area contributed by atoms with Crippen LogP contribution in [0.15, 0.2) is 0 Å². The zero-order valence-corrected chi connectivity index (χ0v) is 8.68. The summed E-state index contributed by atoms with van der Waals surface area (Å²) in [6.07, 6.45) is 3.83. The van der Waals surface area contributed by atoms with Gasteiger partial charge in [0.1, 0.15) is 16.6 Å². The summed E-state index contributed by atoms with van der Waals surface area (Å²) in [4.78, 5) is 0. The van der Waals surface area contributed by atoms with Gasteiger partial charge in [0.15, 0.2) is 0 Å². The Labute approximate surface area is 79.1 Å². The van der Waals surface area contributed by atoms with Crippen molar-refractivity contribution in [1.29, 1.82) is 0 Å². The molecule has 0 aromatic carbocycles. The number of hydrogen-bond acceptors (Lipinski definition) is 4. The van der Waals surface area contributed by atoms with E-state index in [-0.39, 0.29) is 11.9 Å². The van der Waals surface area contributed by atoms with E-state index in [2.05, 4.69) is 0 Å². The van der Waals surface area contributed by atoms with Crippen LogP contribution in [0.3, 0.4) is 0 Å². The summed E-state index contributed by atoms with van der Waals surface area (Å²) in [5.41, 5.74) is 0. The first-order valence-electron chi connectivity index (χ1n) is 4.45. The van der Waals surface area contributed by atoms with Crippen LogP contribution in [0.5, 0.6) is 0 Å². The third-order valence-corrected chi connectivity index (χ3v) is 3.04. The molecule has 1 fully saturated rings. The lowest BCUT2D eigenvalue weighted by molar-refractivity contribution is -0.140. The minimum absolute atomic E-state index is 0.190. The molecule has 0 aliphatic carbocycles. The number of sulfone groups is 1. The molecular weight excluding hydrogens is 192 g/mol. The highest BCUT2D eigenvalue weighted by atomic mass is 32.2. The van der Waals surface area contributed by atoms with Gasteiger partial charge in [0.25, 0.3) is 0 Å². The maximum Gasteiger partial charge on any atom is 0.147 e. The second-order valence-electron chi connectivity index (χ2n) is 3.38. The summed E-state index contributed by atoms with van der Waals surface area (Å²) < 4.78 is 31.9. The maximum atomic E-state index is 10.8. The van der Waals surface area contributed by atoms with Gasteiger partial charge in [-0.3, -0.25) is 0 Å². The Morgan fingerprint density at radius 3 is 2.77 bits per heavy atom. The summed E-state index contributed by atoms with van der Waals surface area (Å²) in [6.45, 7) is 1.08. The Kier molecular flexibility index (Phi) is 4.15. The van der Waals surface area contributed by atoms with E-state index in [4.69, 9.17) is 9.47 Å². The monoisotopic (exact) mass is 208 g/mol. The molecule has 13 heavy (non-hydrogen) atoms. The van der Waals surface area contributed by atoms with Gasteiger partial charge in [-0.25, -0.2) is 8.42 Å². The van der Waals surface area contributed by atoms with Gasteiger partial charge in [-0.15, -0.1) is 0 Å². The van der Waals surface area contributed by atoms with Gasteiger partial charge in [0.2, 0.25) is 0 Å². The molecule has 0 N–H and O–H groups in total. The van der Waals surface area contributed by atoms with Crippen molar-refractivity contribution in [3.63, 3.8) is 0 Å². The molecule has 0 saturated carbocycles. The maximum absolute atomic E-state index is 10.8. The van der Waals surface area contributed by atoms with Crippen LogP contribution in [-0.4, -0.2) is 39.9 Å². The second kappa shape index (κ2) is 4.93. The third-order valence-electron chi connectivity index (χ3n) is 2.01. The molecule has 78 valence electrons. The number of hydrogen-bond donors (Lipinski definition) is 0. The fourth-order valence-electron chi connectivity index (χ4n) is 1.30. The minimum atomic E-state index is -2.81. The summed E-state index contributed by atoms with van der Waals surface area (Å²) in [7, 11) is -2.81. The molecule has 0 aromatic heterocycles. The molecule has 1 heterocycles. The molecule has 1 aliphatic heterocycles. The largest absolute Gasteiger partial charge is 0.355 e. The summed E-state index contributed by atoms with van der Waals surface area (Å²) >= 11 is 0. The molecule has 1 aliphatic rings. The fraction of sp³-hybridized carbons (Fsp3) is 1.00. The summed E-state index contributed by atoms with van der Waals surface area (Å²) in [5.74, 6) is 0.258. The molecule has 0 bridgehead atoms. The predicted octanol–water partition coefficient (Wildman–Crippen LogP) is 0.574. The van der Waals surface area contributed by atoms with Gasteiger partial charge in [-0.05, 0) is 19.3 Å². The van der Waals surface area contributed by atoms with E-state index in [0.29, 0.717) is 13.2 Å². The quantitative estimate of drug-likeness (QED) is 0.678. The van der Waals surface area contributed by atoms with Crippen molar-refractivity contribution in [2.45, 2.75) is 25.4 Å². The van der Waals surface area contributed by atoms with Gasteiger partial charge in [0.05, 0.1) is 12.7 Å². The van der Waals surface area contributed by atoms with Crippen LogP contribution in [0, 0.1) is 0 Å². The van der Waals surface area contributed by atoms with E-state index in [1.165, 1.54) is 6.26 Å². The van der Waals surface area contributed by atoms with E-state index in [1.807, 2.05) is 0 Å². The lowest BCUT2D eigenvalue weighted by Crippen LogP contribution is -2.24. The fourth-order valence-corrected chi connectivity index (χ4v) is 1.99. The van der Waals surface area contributed by atoms with E-state index in [1.54, 1.807) is 0 Å². The lowest BCUT2D eigenvalue weighted by Gasteiger charge is -2.22. The Bertz CT molecular complexity index is 229. The van der Waals surface area contributed by atoms with Crippen LogP contribution in [-0.2, 0) is 19.3 Å². The van der Waals surface area contributed by atoms with Crippen LogP contribution in [0.25, 0.3) is 0 Å². The predicted molar refractivity (Wildman–Crippen MR) is 49.3 cm³/mol. The molecule has 1 atom stereocenters. The summed E-state index contributed by atoms with van der Waals surface area (Å²) in [6, 6.07) is 0. The molecule has 1 unspecified atom stereocenters. The van der Waals surface area contributed by atoms with Crippen LogP contribution in [0.1, 0.15) is 19.3 Å². The van der Waals surface area contributed by atoms with Gasteiger partial charge < -0.3 is 9.47 Å². The highest BCUT2D eigenvalue weighted by Crippen LogP contribution is 2.12. The van der Waals surface area contributed by atoms with Gasteiger partial charge in [-0.2, -0.15) is 0 Å². The Balaban J connectivity index is 2.11. The normalized spacial score (nSPS) is 24.5. The molecular formula is C8H16O4S. The van der Waals surface area contributed by atoms with Crippen LogP contribution >= 0.6 is 0 Å². The van der Waals surface area contributed by atoms with E-state index in [0.717, 1.165) is 19.4 Å². The van der Waals surface area contributed by atoms with Crippen molar-refractivity contribution in [2.75, 3.05) is 25.4 Å². The zero-order chi connectivity index (χ0) is 9.73. The van der Waals surface area contributed by atoms with Crippen LogP contribution in [0.2, 0.25) is 0 Å². The average Bonchev–Trinajstić information content (AvgIpc) is 2.04. The van der Waals surface area contributed by atoms with Crippen molar-refractivity contribution in [3.05, 3.63) is 0 Å². The standard InChI is InChI=1S/C8H16O4S/c1-13(9,10)6-2-3-8-4-5-11-7-12-8/h8H,2-7H2,1H3. The minimum Gasteiger partial charge on any atom is -0.355 e. The zero-order valence-electron chi connectivity index (χ0n) is 7.86. The number of ether oxygens (including phenoxy) is 2. The first kappa shape index (κ1) is 10.9. The molecule has 0 radical (unpaired) electrons. The van der Waals surface area contributed by atoms with E-state index in [9.17, 15) is 8.42 Å². The average molecular weight is 208 g/mol. The van der Waals surface area contributed by atoms with Crippen molar-refractivity contribution < 1.29 is 17.9 Å². The van der Waals surface area contributed by atoms with Gasteiger partial charge >= 0.3 is 0 Å². The molecule has 1 saturated heterocycles. The highest BCUT2D eigenvalue weighted by molar-refractivity contribution is 7.90. The molecule has 0 amide bonds. The van der Waals surface area contributed by atoms with E-state index >= 15 is 0 Å². The SMILES string of the molecule is CS(=O)(=O)CCCC1CCOCO1. The molecule has 0 aromatic rings. The topological polar surface area (TPSA) is 52.6 Å². The van der Waals surface area contributed by atoms with Crippen molar-refractivity contribution in [3.8, 4) is 0 Å².